The fourth-order valence-corrected chi connectivity index (χ4v) is 1.36. The lowest BCUT2D eigenvalue weighted by atomic mass is 10.1. The van der Waals surface area contributed by atoms with Crippen LogP contribution in [-0.4, -0.2) is 40.2 Å². The van der Waals surface area contributed by atoms with Crippen LogP contribution in [0.3, 0.4) is 0 Å². The van der Waals surface area contributed by atoms with Crippen LogP contribution in [0.2, 0.25) is 0 Å². The predicted molar refractivity (Wildman–Crippen MR) is 61.6 cm³/mol. The van der Waals surface area contributed by atoms with Gasteiger partial charge in [0, 0.05) is 0 Å². The number of ketones is 1. The van der Waals surface area contributed by atoms with E-state index in [9.17, 15) is 4.79 Å². The Morgan fingerprint density at radius 3 is 2.67 bits per heavy atom. The molecule has 8 nitrogen and oxygen atoms in total. The van der Waals surface area contributed by atoms with Gasteiger partial charge in [0.05, 0.1) is 32.2 Å². The number of aromatic nitrogens is 4. The minimum atomic E-state index is -0.423. The van der Waals surface area contributed by atoms with Gasteiger partial charge in [-0.05, 0) is 0 Å². The minimum Gasteiger partial charge on any atom is -0.480 e. The van der Waals surface area contributed by atoms with Crippen LogP contribution in [0.25, 0.3) is 0 Å². The van der Waals surface area contributed by atoms with Crippen molar-refractivity contribution in [2.75, 3.05) is 20.0 Å². The average molecular weight is 249 g/mol. The highest BCUT2D eigenvalue weighted by Crippen LogP contribution is 2.21. The summed E-state index contributed by atoms with van der Waals surface area (Å²) in [7, 11) is 2.83. The summed E-state index contributed by atoms with van der Waals surface area (Å²) < 4.78 is 9.90. The van der Waals surface area contributed by atoms with Crippen LogP contribution in [0.15, 0.2) is 12.4 Å². The van der Waals surface area contributed by atoms with E-state index in [0.717, 1.165) is 0 Å². The van der Waals surface area contributed by atoms with Gasteiger partial charge in [-0.1, -0.05) is 0 Å². The number of nitrogens with two attached hydrogens (primary N) is 1. The first-order valence-corrected chi connectivity index (χ1v) is 4.96. The summed E-state index contributed by atoms with van der Waals surface area (Å²) in [6.45, 7) is 0. The van der Waals surface area contributed by atoms with Gasteiger partial charge in [0.15, 0.2) is 5.69 Å². The Balaban J connectivity index is 2.45. The molecule has 94 valence electrons. The van der Waals surface area contributed by atoms with Gasteiger partial charge < -0.3 is 15.2 Å². The van der Waals surface area contributed by atoms with Crippen molar-refractivity contribution in [2.24, 2.45) is 0 Å². The molecule has 0 bridgehead atoms. The van der Waals surface area contributed by atoms with E-state index < -0.39 is 5.78 Å². The normalized spacial score (nSPS) is 10.1. The summed E-state index contributed by atoms with van der Waals surface area (Å²) in [5.74, 6) is 0.0661. The van der Waals surface area contributed by atoms with E-state index >= 15 is 0 Å². The number of hydrogen-bond acceptors (Lipinski definition) is 7. The van der Waals surface area contributed by atoms with Crippen LogP contribution in [0, 0.1) is 0 Å². The van der Waals surface area contributed by atoms with Gasteiger partial charge >= 0.3 is 0 Å². The zero-order valence-electron chi connectivity index (χ0n) is 9.80. The molecule has 2 heterocycles. The first-order valence-electron chi connectivity index (χ1n) is 4.96. The first kappa shape index (κ1) is 11.8. The third-order valence-electron chi connectivity index (χ3n) is 2.25. The Kier molecular flexibility index (Phi) is 3.09. The predicted octanol–water partition coefficient (Wildman–Crippen LogP) is 0.0301. The molecule has 0 aromatic carbocycles. The van der Waals surface area contributed by atoms with Crippen LogP contribution < -0.4 is 15.2 Å². The Hall–Kier alpha value is -2.64. The topological polar surface area (TPSA) is 116 Å². The summed E-state index contributed by atoms with van der Waals surface area (Å²) in [6.07, 6.45) is 2.65. The van der Waals surface area contributed by atoms with Crippen LogP contribution in [0.5, 0.6) is 11.8 Å². The number of rotatable bonds is 4. The second-order valence-corrected chi connectivity index (χ2v) is 3.30. The first-order chi connectivity index (χ1) is 8.67. The molecule has 2 aromatic heterocycles. The summed E-state index contributed by atoms with van der Waals surface area (Å²) in [5, 5.41) is 6.15. The maximum atomic E-state index is 12.1. The van der Waals surface area contributed by atoms with Crippen molar-refractivity contribution >= 4 is 11.6 Å². The monoisotopic (exact) mass is 249 g/mol. The minimum absolute atomic E-state index is 0.0476. The summed E-state index contributed by atoms with van der Waals surface area (Å²) in [4.78, 5) is 20.1. The Morgan fingerprint density at radius 1 is 1.33 bits per heavy atom. The van der Waals surface area contributed by atoms with Crippen LogP contribution >= 0.6 is 0 Å². The molecule has 0 aliphatic heterocycles. The second-order valence-electron chi connectivity index (χ2n) is 3.30. The van der Waals surface area contributed by atoms with E-state index in [1.807, 2.05) is 0 Å². The maximum absolute atomic E-state index is 12.1. The number of aromatic amines is 1. The number of nitrogens with one attached hydrogen (secondary N) is 1. The number of carbonyl (C=O) groups is 1. The molecule has 0 atom stereocenters. The average Bonchev–Trinajstić information content (AvgIpc) is 2.83. The van der Waals surface area contributed by atoms with Gasteiger partial charge in [0.1, 0.15) is 5.82 Å². The Bertz CT molecular complexity index is 581. The Morgan fingerprint density at radius 2 is 2.11 bits per heavy atom. The number of ether oxygens (including phenoxy) is 2. The van der Waals surface area contributed by atoms with E-state index in [-0.39, 0.29) is 28.8 Å². The van der Waals surface area contributed by atoms with Crippen molar-refractivity contribution in [1.29, 1.82) is 0 Å². The van der Waals surface area contributed by atoms with Gasteiger partial charge in [-0.25, -0.2) is 4.98 Å². The van der Waals surface area contributed by atoms with Crippen molar-refractivity contribution in [2.45, 2.75) is 0 Å². The van der Waals surface area contributed by atoms with Gasteiger partial charge in [0.25, 0.3) is 0 Å². The molecule has 2 rings (SSSR count). The molecule has 0 aliphatic carbocycles. The third kappa shape index (κ3) is 1.95. The highest BCUT2D eigenvalue weighted by Gasteiger charge is 2.21. The molecule has 0 saturated carbocycles. The van der Waals surface area contributed by atoms with Crippen molar-refractivity contribution in [3.8, 4) is 11.8 Å². The van der Waals surface area contributed by atoms with Crippen LogP contribution in [0.1, 0.15) is 16.1 Å². The molecule has 0 spiro atoms. The van der Waals surface area contributed by atoms with Crippen LogP contribution in [0.4, 0.5) is 5.82 Å². The van der Waals surface area contributed by atoms with Gasteiger partial charge in [-0.2, -0.15) is 10.1 Å². The number of nitrogens with zero attached hydrogens (tertiary/aromatic N) is 3. The molecule has 8 heteroatoms. The summed E-state index contributed by atoms with van der Waals surface area (Å²) >= 11 is 0. The second kappa shape index (κ2) is 4.70. The van der Waals surface area contributed by atoms with E-state index in [1.54, 1.807) is 0 Å². The largest absolute Gasteiger partial charge is 0.480 e. The Labute approximate surface area is 102 Å². The fraction of sp³-hybridized carbons (Fsp3) is 0.200. The molecule has 0 unspecified atom stereocenters. The van der Waals surface area contributed by atoms with Crippen molar-refractivity contribution in [1.82, 2.24) is 20.2 Å². The molecule has 0 aliphatic rings. The van der Waals surface area contributed by atoms with Crippen molar-refractivity contribution in [3.05, 3.63) is 23.7 Å². The number of nitrogen functional groups attached to an aromatic ring is 1. The van der Waals surface area contributed by atoms with Crippen LogP contribution in [-0.2, 0) is 0 Å². The highest BCUT2D eigenvalue weighted by molar-refractivity contribution is 6.11. The third-order valence-corrected chi connectivity index (χ3v) is 2.25. The van der Waals surface area contributed by atoms with E-state index in [1.165, 1.54) is 26.6 Å². The van der Waals surface area contributed by atoms with Crippen molar-refractivity contribution < 1.29 is 14.3 Å². The number of H-pyrrole nitrogens is 1. The molecule has 0 amide bonds. The van der Waals surface area contributed by atoms with Gasteiger partial charge in [0.2, 0.25) is 17.5 Å². The number of carbonyl (C=O) groups excluding carboxylic acids is 1. The number of anilines is 1. The molecular weight excluding hydrogens is 238 g/mol. The highest BCUT2D eigenvalue weighted by atomic mass is 16.5. The van der Waals surface area contributed by atoms with E-state index in [0.29, 0.717) is 0 Å². The zero-order valence-corrected chi connectivity index (χ0v) is 9.80. The lowest BCUT2D eigenvalue weighted by molar-refractivity contribution is 0.103. The lowest BCUT2D eigenvalue weighted by Gasteiger charge is -2.06. The quantitative estimate of drug-likeness (QED) is 0.734. The molecule has 18 heavy (non-hydrogen) atoms. The number of hydrogen-bond donors (Lipinski definition) is 2. The lowest BCUT2D eigenvalue weighted by Crippen LogP contribution is -2.09. The van der Waals surface area contributed by atoms with E-state index in [2.05, 4.69) is 20.2 Å². The van der Waals surface area contributed by atoms with Crippen molar-refractivity contribution in [3.63, 3.8) is 0 Å². The molecular formula is C10H11N5O3. The molecule has 0 radical (unpaired) electrons. The number of methoxy groups -OCH3 is 2. The van der Waals surface area contributed by atoms with E-state index in [4.69, 9.17) is 15.2 Å². The molecule has 0 fully saturated rings. The van der Waals surface area contributed by atoms with Gasteiger partial charge in [-0.15, -0.1) is 0 Å². The standard InChI is InChI=1S/C10H11N5O3/c1-17-6-4-12-7(10(14-6)18-2)8(16)5-3-13-15-9(5)11/h3-4H,1-2H3,(H3,11,13,15). The SMILES string of the molecule is COc1cnc(C(=O)c2cn[nH]c2N)c(OC)n1. The molecule has 3 N–H and O–H groups in total. The fourth-order valence-electron chi connectivity index (χ4n) is 1.36. The molecule has 0 saturated heterocycles. The maximum Gasteiger partial charge on any atom is 0.247 e. The smallest absolute Gasteiger partial charge is 0.247 e. The zero-order chi connectivity index (χ0) is 13.1. The summed E-state index contributed by atoms with van der Waals surface area (Å²) in [6, 6.07) is 0. The van der Waals surface area contributed by atoms with Gasteiger partial charge in [-0.3, -0.25) is 9.89 Å². The molecule has 2 aromatic rings. The summed E-state index contributed by atoms with van der Waals surface area (Å²) in [5.41, 5.74) is 5.84.